The first-order chi connectivity index (χ1) is 26.4. The summed E-state index contributed by atoms with van der Waals surface area (Å²) in [5.74, 6) is 0.754. The Morgan fingerprint density at radius 3 is 2.48 bits per heavy atom. The molecule has 1 aromatic rings. The van der Waals surface area contributed by atoms with Crippen LogP contribution in [0, 0.1) is 23.7 Å². The number of unbranched alkanes of at least 4 members (excludes halogenated alkanes) is 2. The largest absolute Gasteiger partial charge is 0.490 e. The SMILES string of the molecule is C=CCOc1ccc2c(c1)[C@H]1[C@H](CCCCO)[C@@H](CCCCO)C=C3C(=NOC4CCCCO4)C[C@H](N(C)C(=O)CCC4CCCC4)[C@@](OCC=C)(O2)[C@H]31. The van der Waals surface area contributed by atoms with Gasteiger partial charge in [0.1, 0.15) is 24.1 Å². The number of rotatable bonds is 20. The number of nitrogens with zero attached hydrogens (tertiary/aromatic N) is 2. The predicted octanol–water partition coefficient (Wildman–Crippen LogP) is 7.84. The summed E-state index contributed by atoms with van der Waals surface area (Å²) >= 11 is 0. The Labute approximate surface area is 322 Å². The Morgan fingerprint density at radius 2 is 1.76 bits per heavy atom. The smallest absolute Gasteiger partial charge is 0.239 e. The van der Waals surface area contributed by atoms with Crippen molar-refractivity contribution in [1.29, 1.82) is 0 Å². The predicted molar refractivity (Wildman–Crippen MR) is 209 cm³/mol. The van der Waals surface area contributed by atoms with Crippen LogP contribution in [0.5, 0.6) is 11.5 Å². The maximum atomic E-state index is 14.3. The van der Waals surface area contributed by atoms with E-state index in [1.165, 1.54) is 25.7 Å². The third-order valence-electron chi connectivity index (χ3n) is 12.5. The minimum atomic E-state index is -1.25. The van der Waals surface area contributed by atoms with Crippen LogP contribution in [0.15, 0.2) is 60.3 Å². The fourth-order valence-electron chi connectivity index (χ4n) is 9.87. The van der Waals surface area contributed by atoms with E-state index in [0.717, 1.165) is 86.1 Å². The van der Waals surface area contributed by atoms with E-state index in [1.807, 2.05) is 24.1 Å². The molecule has 10 nitrogen and oxygen atoms in total. The second kappa shape index (κ2) is 19.6. The maximum Gasteiger partial charge on any atom is 0.239 e. The lowest BCUT2D eigenvalue weighted by Gasteiger charge is -2.59. The monoisotopic (exact) mass is 748 g/mol. The zero-order valence-corrected chi connectivity index (χ0v) is 32.5. The first-order valence-corrected chi connectivity index (χ1v) is 20.8. The first-order valence-electron chi connectivity index (χ1n) is 20.8. The first kappa shape index (κ1) is 40.5. The number of oxime groups is 1. The molecule has 2 N–H and O–H groups in total. The summed E-state index contributed by atoms with van der Waals surface area (Å²) in [7, 11) is 1.90. The van der Waals surface area contributed by atoms with Gasteiger partial charge in [-0.3, -0.25) is 4.79 Å². The summed E-state index contributed by atoms with van der Waals surface area (Å²) in [4.78, 5) is 22.4. The molecule has 3 aliphatic carbocycles. The van der Waals surface area contributed by atoms with Crippen molar-refractivity contribution < 1.29 is 38.8 Å². The summed E-state index contributed by atoms with van der Waals surface area (Å²) in [6.07, 6.45) is 19.8. The Hall–Kier alpha value is -3.18. The topological polar surface area (TPSA) is 119 Å². The maximum absolute atomic E-state index is 14.3. The molecular weight excluding hydrogens is 684 g/mol. The highest BCUT2D eigenvalue weighted by Gasteiger charge is 2.65. The second-order valence-corrected chi connectivity index (χ2v) is 16.0. The zero-order valence-electron chi connectivity index (χ0n) is 32.5. The lowest BCUT2D eigenvalue weighted by atomic mass is 9.55. The number of aliphatic hydroxyl groups is 2. The van der Waals surface area contributed by atoms with Gasteiger partial charge in [0.2, 0.25) is 18.0 Å². The van der Waals surface area contributed by atoms with Gasteiger partial charge in [0, 0.05) is 51.0 Å². The van der Waals surface area contributed by atoms with E-state index in [9.17, 15) is 15.0 Å². The molecule has 3 fully saturated rings. The van der Waals surface area contributed by atoms with Crippen molar-refractivity contribution in [1.82, 2.24) is 4.90 Å². The van der Waals surface area contributed by atoms with E-state index >= 15 is 0 Å². The van der Waals surface area contributed by atoms with E-state index in [-0.39, 0.29) is 49.4 Å². The molecule has 0 aromatic heterocycles. The fraction of sp³-hybridized carbons (Fsp3) is 0.682. The van der Waals surface area contributed by atoms with E-state index in [4.69, 9.17) is 28.9 Å². The van der Waals surface area contributed by atoms with Gasteiger partial charge in [-0.25, -0.2) is 0 Å². The van der Waals surface area contributed by atoms with Crippen LogP contribution in [0.4, 0.5) is 0 Å². The van der Waals surface area contributed by atoms with Crippen molar-refractivity contribution in [3.05, 3.63) is 60.7 Å². The van der Waals surface area contributed by atoms with Crippen LogP contribution in [0.3, 0.4) is 0 Å². The van der Waals surface area contributed by atoms with Crippen molar-refractivity contribution in [2.75, 3.05) is 40.1 Å². The van der Waals surface area contributed by atoms with Gasteiger partial charge < -0.3 is 38.9 Å². The molecule has 1 saturated heterocycles. The summed E-state index contributed by atoms with van der Waals surface area (Å²) in [6.45, 7) is 9.42. The third kappa shape index (κ3) is 9.09. The van der Waals surface area contributed by atoms with Gasteiger partial charge in [-0.15, -0.1) is 6.58 Å². The fourth-order valence-corrected chi connectivity index (χ4v) is 9.87. The summed E-state index contributed by atoms with van der Waals surface area (Å²) < 4.78 is 26.3. The zero-order chi connectivity index (χ0) is 37.9. The molecule has 2 saturated carbocycles. The number of allylic oxidation sites excluding steroid dienone is 1. The molecule has 2 heterocycles. The molecule has 1 unspecified atom stereocenters. The van der Waals surface area contributed by atoms with Gasteiger partial charge in [0.25, 0.3) is 0 Å². The van der Waals surface area contributed by atoms with Crippen molar-refractivity contribution in [2.45, 2.75) is 127 Å². The minimum Gasteiger partial charge on any atom is -0.490 e. The minimum absolute atomic E-state index is 0.0769. The Kier molecular flexibility index (Phi) is 14.7. The average Bonchev–Trinajstić information content (AvgIpc) is 3.73. The van der Waals surface area contributed by atoms with Gasteiger partial charge in [-0.05, 0) is 86.5 Å². The number of likely N-dealkylation sites (N-methyl/N-ethyl adjacent to an activating group) is 1. The van der Waals surface area contributed by atoms with Crippen molar-refractivity contribution >= 4 is 11.6 Å². The summed E-state index contributed by atoms with van der Waals surface area (Å²) in [5, 5.41) is 24.6. The number of ether oxygens (including phenoxy) is 4. The second-order valence-electron chi connectivity index (χ2n) is 16.0. The summed E-state index contributed by atoms with van der Waals surface area (Å²) in [5.41, 5.74) is 2.86. The highest BCUT2D eigenvalue weighted by Crippen LogP contribution is 2.62. The van der Waals surface area contributed by atoms with Gasteiger partial charge in [-0.2, -0.15) is 0 Å². The molecule has 2 aliphatic heterocycles. The number of amides is 1. The van der Waals surface area contributed by atoms with Crippen LogP contribution in [0.2, 0.25) is 0 Å². The lowest BCUT2D eigenvalue weighted by Crippen LogP contribution is -2.69. The summed E-state index contributed by atoms with van der Waals surface area (Å²) in [6, 6.07) is 5.51. The van der Waals surface area contributed by atoms with Gasteiger partial charge in [-0.1, -0.05) is 68.5 Å². The van der Waals surface area contributed by atoms with Crippen molar-refractivity contribution in [2.24, 2.45) is 28.8 Å². The van der Waals surface area contributed by atoms with Gasteiger partial charge in [0.05, 0.1) is 24.8 Å². The van der Waals surface area contributed by atoms with E-state index in [1.54, 1.807) is 12.2 Å². The van der Waals surface area contributed by atoms with Crippen molar-refractivity contribution in [3.63, 3.8) is 0 Å². The van der Waals surface area contributed by atoms with E-state index < -0.39 is 18.1 Å². The quantitative estimate of drug-likeness (QED) is 0.0787. The standard InChI is InChI=1S/C44H64N2O8/c1-4-25-50-33-20-21-38-36(29-33)42-34(17-9-12-24-48)32(16-8-11-23-47)28-35-37(45-54-41-18-10-13-27-51-41)30-39(44(53-38,43(35)42)52-26-5-2)46(3)40(49)22-19-31-14-6-7-15-31/h4-5,20-21,28-29,31-32,34,39,41-43,47-48H,1-2,6-19,22-27,30H2,3H3/t32-,34+,39-,41?,42+,43+,44+/m0/s1. The van der Waals surface area contributed by atoms with Crippen LogP contribution in [-0.2, 0) is 19.1 Å². The van der Waals surface area contributed by atoms with Crippen molar-refractivity contribution in [3.8, 4) is 11.5 Å². The molecule has 1 amide bonds. The number of hydrogen-bond donors (Lipinski definition) is 2. The molecular formula is C44H64N2O8. The number of carbonyl (C=O) groups excluding carboxylic acids is 1. The van der Waals surface area contributed by atoms with E-state index in [2.05, 4.69) is 25.3 Å². The number of benzene rings is 1. The molecule has 1 aromatic carbocycles. The molecule has 7 atom stereocenters. The highest BCUT2D eigenvalue weighted by atomic mass is 16.8. The molecule has 6 rings (SSSR count). The highest BCUT2D eigenvalue weighted by molar-refractivity contribution is 6.03. The third-order valence-corrected chi connectivity index (χ3v) is 12.5. The molecule has 0 spiro atoms. The van der Waals surface area contributed by atoms with Crippen LogP contribution >= 0.6 is 0 Å². The molecule has 298 valence electrons. The van der Waals surface area contributed by atoms with Crippen LogP contribution in [-0.4, -0.2) is 84.9 Å². The van der Waals surface area contributed by atoms with Crippen LogP contribution in [0.25, 0.3) is 0 Å². The molecule has 54 heavy (non-hydrogen) atoms. The normalized spacial score (nSPS) is 29.8. The average molecular weight is 749 g/mol. The van der Waals surface area contributed by atoms with Crippen LogP contribution < -0.4 is 9.47 Å². The van der Waals surface area contributed by atoms with Gasteiger partial charge >= 0.3 is 0 Å². The molecule has 0 bridgehead atoms. The number of hydrogen-bond acceptors (Lipinski definition) is 9. The molecule has 10 heteroatoms. The Morgan fingerprint density at radius 1 is 1.00 bits per heavy atom. The number of carbonyl (C=O) groups is 1. The Bertz CT molecular complexity index is 1470. The number of fused-ring (bicyclic) bond motifs is 2. The number of aliphatic hydroxyl groups excluding tert-OH is 2. The molecule has 5 aliphatic rings. The molecule has 0 radical (unpaired) electrons. The van der Waals surface area contributed by atoms with E-state index in [0.29, 0.717) is 38.4 Å². The lowest BCUT2D eigenvalue weighted by molar-refractivity contribution is -0.256. The van der Waals surface area contributed by atoms with Crippen LogP contribution in [0.1, 0.15) is 114 Å². The van der Waals surface area contributed by atoms with Gasteiger partial charge in [0.15, 0.2) is 0 Å². The Balaban J connectivity index is 1.50.